The van der Waals surface area contributed by atoms with Crippen molar-refractivity contribution in [2.45, 2.75) is 18.9 Å². The molecule has 0 aliphatic carbocycles. The number of likely N-dealkylation sites (tertiary alicyclic amines) is 1. The number of carbonyl (C=O) groups excluding carboxylic acids is 3. The molecule has 1 unspecified atom stereocenters. The number of aliphatic carboxylic acids is 1. The van der Waals surface area contributed by atoms with Crippen LogP contribution in [0, 0.1) is 5.92 Å². The van der Waals surface area contributed by atoms with E-state index in [0.717, 1.165) is 7.11 Å². The van der Waals surface area contributed by atoms with Gasteiger partial charge in [0.2, 0.25) is 11.8 Å². The Labute approximate surface area is 109 Å². The van der Waals surface area contributed by atoms with Gasteiger partial charge in [-0.25, -0.2) is 4.79 Å². The van der Waals surface area contributed by atoms with Crippen LogP contribution in [0.2, 0.25) is 0 Å². The maximum atomic E-state index is 11.8. The SMILES string of the molecule is COC(=O)C[C@H](NC(=O)C1CC(=O)N(C)C1)C(=O)O. The van der Waals surface area contributed by atoms with E-state index in [0.29, 0.717) is 0 Å². The van der Waals surface area contributed by atoms with Crippen LogP contribution in [0.25, 0.3) is 0 Å². The van der Waals surface area contributed by atoms with E-state index in [1.54, 1.807) is 7.05 Å². The number of hydrogen-bond donors (Lipinski definition) is 2. The molecule has 8 heteroatoms. The van der Waals surface area contributed by atoms with Gasteiger partial charge in [0.05, 0.1) is 19.4 Å². The molecule has 1 saturated heterocycles. The molecule has 1 aliphatic rings. The summed E-state index contributed by atoms with van der Waals surface area (Å²) in [4.78, 5) is 46.5. The summed E-state index contributed by atoms with van der Waals surface area (Å²) in [6.45, 7) is 0.245. The normalized spacial score (nSPS) is 20.0. The summed E-state index contributed by atoms with van der Waals surface area (Å²) in [5, 5.41) is 11.2. The lowest BCUT2D eigenvalue weighted by atomic mass is 10.1. The largest absolute Gasteiger partial charge is 0.480 e. The van der Waals surface area contributed by atoms with Crippen molar-refractivity contribution in [3.05, 3.63) is 0 Å². The van der Waals surface area contributed by atoms with E-state index in [-0.39, 0.29) is 18.9 Å². The van der Waals surface area contributed by atoms with Gasteiger partial charge in [-0.3, -0.25) is 14.4 Å². The molecule has 0 spiro atoms. The monoisotopic (exact) mass is 272 g/mol. The van der Waals surface area contributed by atoms with Crippen molar-refractivity contribution in [3.8, 4) is 0 Å². The van der Waals surface area contributed by atoms with Gasteiger partial charge in [0, 0.05) is 20.0 Å². The van der Waals surface area contributed by atoms with Crippen LogP contribution in [0.3, 0.4) is 0 Å². The van der Waals surface area contributed by atoms with Crippen molar-refractivity contribution in [3.63, 3.8) is 0 Å². The van der Waals surface area contributed by atoms with Gasteiger partial charge >= 0.3 is 11.9 Å². The number of amides is 2. The highest BCUT2D eigenvalue weighted by atomic mass is 16.5. The fraction of sp³-hybridized carbons (Fsp3) is 0.636. The minimum absolute atomic E-state index is 0.0485. The van der Waals surface area contributed by atoms with Crippen molar-refractivity contribution in [2.24, 2.45) is 5.92 Å². The summed E-state index contributed by atoms with van der Waals surface area (Å²) < 4.78 is 4.36. The molecule has 1 rings (SSSR count). The molecule has 1 heterocycles. The maximum absolute atomic E-state index is 11.8. The van der Waals surface area contributed by atoms with E-state index in [1.807, 2.05) is 0 Å². The van der Waals surface area contributed by atoms with Crippen LogP contribution < -0.4 is 5.32 Å². The smallest absolute Gasteiger partial charge is 0.326 e. The zero-order chi connectivity index (χ0) is 14.6. The second-order valence-electron chi connectivity index (χ2n) is 4.35. The van der Waals surface area contributed by atoms with Gasteiger partial charge in [0.15, 0.2) is 0 Å². The number of ether oxygens (including phenoxy) is 1. The molecular weight excluding hydrogens is 256 g/mol. The molecule has 0 radical (unpaired) electrons. The van der Waals surface area contributed by atoms with E-state index in [9.17, 15) is 19.2 Å². The summed E-state index contributed by atoms with van der Waals surface area (Å²) in [5.41, 5.74) is 0. The number of carboxylic acids is 1. The van der Waals surface area contributed by atoms with E-state index >= 15 is 0 Å². The first-order valence-corrected chi connectivity index (χ1v) is 5.69. The molecule has 0 aromatic carbocycles. The van der Waals surface area contributed by atoms with Gasteiger partial charge in [-0.15, -0.1) is 0 Å². The van der Waals surface area contributed by atoms with Crippen LogP contribution >= 0.6 is 0 Å². The number of rotatable bonds is 5. The minimum Gasteiger partial charge on any atom is -0.480 e. The van der Waals surface area contributed by atoms with Crippen LogP contribution in [0.1, 0.15) is 12.8 Å². The van der Waals surface area contributed by atoms with Gasteiger partial charge in [-0.05, 0) is 0 Å². The molecule has 19 heavy (non-hydrogen) atoms. The number of hydrogen-bond acceptors (Lipinski definition) is 5. The molecule has 2 N–H and O–H groups in total. The van der Waals surface area contributed by atoms with Crippen LogP contribution in [0.5, 0.6) is 0 Å². The highest BCUT2D eigenvalue weighted by molar-refractivity contribution is 5.92. The van der Waals surface area contributed by atoms with E-state index in [2.05, 4.69) is 10.1 Å². The molecule has 1 aliphatic heterocycles. The van der Waals surface area contributed by atoms with Gasteiger partial charge in [-0.1, -0.05) is 0 Å². The molecule has 0 aromatic heterocycles. The first-order chi connectivity index (χ1) is 8.85. The van der Waals surface area contributed by atoms with E-state index in [1.165, 1.54) is 4.90 Å². The Morgan fingerprint density at radius 1 is 1.53 bits per heavy atom. The zero-order valence-electron chi connectivity index (χ0n) is 10.7. The number of methoxy groups -OCH3 is 1. The molecule has 8 nitrogen and oxygen atoms in total. The third-order valence-electron chi connectivity index (χ3n) is 2.92. The predicted octanol–water partition coefficient (Wildman–Crippen LogP) is -1.40. The molecule has 2 atom stereocenters. The third kappa shape index (κ3) is 3.94. The lowest BCUT2D eigenvalue weighted by molar-refractivity contribution is -0.149. The minimum atomic E-state index is -1.35. The maximum Gasteiger partial charge on any atom is 0.326 e. The Balaban J connectivity index is 2.59. The first-order valence-electron chi connectivity index (χ1n) is 5.69. The fourth-order valence-electron chi connectivity index (χ4n) is 1.78. The van der Waals surface area contributed by atoms with Crippen molar-refractivity contribution in [2.75, 3.05) is 20.7 Å². The highest BCUT2D eigenvalue weighted by Crippen LogP contribution is 2.16. The molecule has 106 valence electrons. The van der Waals surface area contributed by atoms with Crippen molar-refractivity contribution >= 4 is 23.8 Å². The van der Waals surface area contributed by atoms with Gasteiger partial charge in [0.1, 0.15) is 6.04 Å². The van der Waals surface area contributed by atoms with Crippen molar-refractivity contribution < 1.29 is 29.0 Å². The highest BCUT2D eigenvalue weighted by Gasteiger charge is 2.34. The lowest BCUT2D eigenvalue weighted by Crippen LogP contribution is -2.45. The topological polar surface area (TPSA) is 113 Å². The number of esters is 1. The molecule has 0 bridgehead atoms. The molecular formula is C11H16N2O6. The van der Waals surface area contributed by atoms with Crippen LogP contribution in [-0.4, -0.2) is 60.5 Å². The summed E-state index contributed by atoms with van der Waals surface area (Å²) >= 11 is 0. The average Bonchev–Trinajstić information content (AvgIpc) is 2.68. The summed E-state index contributed by atoms with van der Waals surface area (Å²) in [7, 11) is 2.70. The summed E-state index contributed by atoms with van der Waals surface area (Å²) in [6.07, 6.45) is -0.402. The Morgan fingerprint density at radius 3 is 2.58 bits per heavy atom. The Bertz CT molecular complexity index is 408. The number of nitrogens with zero attached hydrogens (tertiary/aromatic N) is 1. The molecule has 1 fully saturated rings. The zero-order valence-corrected chi connectivity index (χ0v) is 10.7. The standard InChI is InChI=1S/C11H16N2O6/c1-13-5-6(3-8(13)14)10(16)12-7(11(17)18)4-9(15)19-2/h6-7H,3-5H2,1-2H3,(H,12,16)(H,17,18)/t6?,7-/m0/s1. The van der Waals surface area contributed by atoms with Crippen molar-refractivity contribution in [1.29, 1.82) is 0 Å². The van der Waals surface area contributed by atoms with Crippen LogP contribution in [0.4, 0.5) is 0 Å². The quantitative estimate of drug-likeness (QED) is 0.595. The Hall–Kier alpha value is -2.12. The van der Waals surface area contributed by atoms with Gasteiger partial charge in [-0.2, -0.15) is 0 Å². The molecule has 0 saturated carbocycles. The Kier molecular flexibility index (Phi) is 4.85. The van der Waals surface area contributed by atoms with Gasteiger partial charge in [0.25, 0.3) is 0 Å². The second-order valence-corrected chi connectivity index (χ2v) is 4.35. The van der Waals surface area contributed by atoms with Crippen LogP contribution in [-0.2, 0) is 23.9 Å². The van der Waals surface area contributed by atoms with Crippen LogP contribution in [0.15, 0.2) is 0 Å². The summed E-state index contributed by atoms with van der Waals surface area (Å²) in [5.74, 6) is -3.35. The second kappa shape index (κ2) is 6.17. The van der Waals surface area contributed by atoms with E-state index in [4.69, 9.17) is 5.11 Å². The van der Waals surface area contributed by atoms with Crippen molar-refractivity contribution in [1.82, 2.24) is 10.2 Å². The molecule has 2 amide bonds. The van der Waals surface area contributed by atoms with Gasteiger partial charge < -0.3 is 20.1 Å². The first kappa shape index (κ1) is 14.9. The third-order valence-corrected chi connectivity index (χ3v) is 2.92. The predicted molar refractivity (Wildman–Crippen MR) is 61.9 cm³/mol. The number of carbonyl (C=O) groups is 4. The fourth-order valence-corrected chi connectivity index (χ4v) is 1.78. The summed E-state index contributed by atoms with van der Waals surface area (Å²) in [6, 6.07) is -1.35. The molecule has 0 aromatic rings. The Morgan fingerprint density at radius 2 is 2.16 bits per heavy atom. The number of nitrogens with one attached hydrogen (secondary N) is 1. The number of carboxylic acid groups (broad SMARTS) is 1. The average molecular weight is 272 g/mol. The lowest BCUT2D eigenvalue weighted by Gasteiger charge is -2.16. The van der Waals surface area contributed by atoms with E-state index < -0.39 is 36.2 Å².